The SMILES string of the molecule is CCOC(CN(CCC(c1ccccc1)c1ccccc1)C(=O)[C@@H](N)CCC(=O)NC(c1ccccc1)(c1ccccc1)c1ccccc1)OCC. The van der Waals surface area contributed by atoms with Crippen molar-refractivity contribution in [3.8, 4) is 0 Å². The third-order valence-corrected chi connectivity index (χ3v) is 9.42. The van der Waals surface area contributed by atoms with E-state index in [0.29, 0.717) is 26.2 Å². The van der Waals surface area contributed by atoms with E-state index in [9.17, 15) is 9.59 Å². The number of carbonyl (C=O) groups is 2. The van der Waals surface area contributed by atoms with Crippen LogP contribution in [0.4, 0.5) is 0 Å². The molecule has 1 atom stereocenters. The first-order chi connectivity index (χ1) is 25.5. The minimum atomic E-state index is -0.951. The summed E-state index contributed by atoms with van der Waals surface area (Å²) in [5.74, 6) is -0.377. The van der Waals surface area contributed by atoms with Crippen molar-refractivity contribution in [2.45, 2.75) is 56.9 Å². The molecule has 0 saturated carbocycles. The Bertz CT molecular complexity index is 1630. The summed E-state index contributed by atoms with van der Waals surface area (Å²) in [5, 5.41) is 3.39. The van der Waals surface area contributed by atoms with Crippen LogP contribution in [-0.4, -0.2) is 55.3 Å². The van der Waals surface area contributed by atoms with Crippen LogP contribution in [0.15, 0.2) is 152 Å². The Balaban J connectivity index is 1.36. The van der Waals surface area contributed by atoms with E-state index in [0.717, 1.165) is 16.7 Å². The van der Waals surface area contributed by atoms with E-state index in [4.69, 9.17) is 15.2 Å². The molecule has 0 aliphatic heterocycles. The summed E-state index contributed by atoms with van der Waals surface area (Å²) in [4.78, 5) is 30.0. The predicted molar refractivity (Wildman–Crippen MR) is 208 cm³/mol. The molecule has 0 heterocycles. The summed E-state index contributed by atoms with van der Waals surface area (Å²) >= 11 is 0. The lowest BCUT2D eigenvalue weighted by atomic mass is 9.77. The Labute approximate surface area is 308 Å². The Morgan fingerprint density at radius 2 is 1.04 bits per heavy atom. The molecule has 2 amide bonds. The Morgan fingerprint density at radius 3 is 1.44 bits per heavy atom. The number of benzene rings is 5. The molecular formula is C45H51N3O4. The maximum atomic E-state index is 14.2. The topological polar surface area (TPSA) is 93.9 Å². The van der Waals surface area contributed by atoms with Crippen molar-refractivity contribution >= 4 is 11.8 Å². The van der Waals surface area contributed by atoms with Gasteiger partial charge >= 0.3 is 0 Å². The molecule has 5 aromatic carbocycles. The Morgan fingerprint density at radius 1 is 0.635 bits per heavy atom. The summed E-state index contributed by atoms with van der Waals surface area (Å²) in [6, 6.07) is 49.7. The van der Waals surface area contributed by atoms with Crippen LogP contribution < -0.4 is 11.1 Å². The first kappa shape index (κ1) is 38.2. The van der Waals surface area contributed by atoms with Crippen molar-refractivity contribution in [2.75, 3.05) is 26.3 Å². The molecule has 0 aliphatic rings. The van der Waals surface area contributed by atoms with Gasteiger partial charge in [0.15, 0.2) is 6.29 Å². The van der Waals surface area contributed by atoms with Crippen LogP contribution in [0.5, 0.6) is 0 Å². The molecule has 0 spiro atoms. The molecule has 7 heteroatoms. The van der Waals surface area contributed by atoms with Gasteiger partial charge in [-0.3, -0.25) is 9.59 Å². The summed E-state index contributed by atoms with van der Waals surface area (Å²) < 4.78 is 11.8. The molecule has 0 unspecified atom stereocenters. The maximum Gasteiger partial charge on any atom is 0.239 e. The van der Waals surface area contributed by atoms with E-state index in [-0.39, 0.29) is 37.1 Å². The highest BCUT2D eigenvalue weighted by Gasteiger charge is 2.38. The highest BCUT2D eigenvalue weighted by Crippen LogP contribution is 2.37. The van der Waals surface area contributed by atoms with Crippen molar-refractivity contribution in [3.63, 3.8) is 0 Å². The van der Waals surface area contributed by atoms with Crippen LogP contribution in [0.3, 0.4) is 0 Å². The van der Waals surface area contributed by atoms with Gasteiger partial charge in [0, 0.05) is 32.1 Å². The summed E-state index contributed by atoms with van der Waals surface area (Å²) in [5.41, 5.74) is 10.8. The molecule has 0 fully saturated rings. The lowest BCUT2D eigenvalue weighted by molar-refractivity contribution is -0.159. The van der Waals surface area contributed by atoms with Crippen LogP contribution in [0.25, 0.3) is 0 Å². The van der Waals surface area contributed by atoms with Gasteiger partial charge in [-0.15, -0.1) is 0 Å². The smallest absolute Gasteiger partial charge is 0.239 e. The third kappa shape index (κ3) is 9.82. The fraction of sp³-hybridized carbons (Fsp3) is 0.289. The third-order valence-electron chi connectivity index (χ3n) is 9.42. The zero-order valence-corrected chi connectivity index (χ0v) is 30.3. The highest BCUT2D eigenvalue weighted by atomic mass is 16.7. The fourth-order valence-corrected chi connectivity index (χ4v) is 6.88. The van der Waals surface area contributed by atoms with Gasteiger partial charge < -0.3 is 25.4 Å². The number of nitrogens with one attached hydrogen (secondary N) is 1. The van der Waals surface area contributed by atoms with Crippen molar-refractivity contribution < 1.29 is 19.1 Å². The minimum Gasteiger partial charge on any atom is -0.351 e. The molecular weight excluding hydrogens is 647 g/mol. The second kappa shape index (κ2) is 19.5. The summed E-state index contributed by atoms with van der Waals surface area (Å²) in [6.07, 6.45) is 0.312. The molecule has 0 saturated heterocycles. The summed E-state index contributed by atoms with van der Waals surface area (Å²) in [6.45, 7) is 5.37. The number of hydrogen-bond acceptors (Lipinski definition) is 5. The molecule has 3 N–H and O–H groups in total. The maximum absolute atomic E-state index is 14.2. The number of rotatable bonds is 19. The van der Waals surface area contributed by atoms with Gasteiger partial charge in [-0.05, 0) is 54.5 Å². The predicted octanol–water partition coefficient (Wildman–Crippen LogP) is 7.65. The number of nitrogens with zero attached hydrogens (tertiary/aromatic N) is 1. The second-order valence-corrected chi connectivity index (χ2v) is 12.8. The molecule has 0 aliphatic carbocycles. The van der Waals surface area contributed by atoms with E-state index in [1.165, 1.54) is 11.1 Å². The van der Waals surface area contributed by atoms with Crippen molar-refractivity contribution in [2.24, 2.45) is 5.73 Å². The molecule has 0 radical (unpaired) electrons. The zero-order chi connectivity index (χ0) is 36.6. The minimum absolute atomic E-state index is 0.0615. The van der Waals surface area contributed by atoms with E-state index in [2.05, 4.69) is 29.6 Å². The molecule has 7 nitrogen and oxygen atoms in total. The van der Waals surface area contributed by atoms with E-state index < -0.39 is 17.9 Å². The molecule has 0 bridgehead atoms. The van der Waals surface area contributed by atoms with Crippen molar-refractivity contribution in [1.82, 2.24) is 10.2 Å². The first-order valence-corrected chi connectivity index (χ1v) is 18.3. The number of carbonyl (C=O) groups excluding carboxylic acids is 2. The van der Waals surface area contributed by atoms with E-state index in [1.54, 1.807) is 4.90 Å². The Kier molecular flexibility index (Phi) is 14.3. The van der Waals surface area contributed by atoms with Crippen LogP contribution in [0.2, 0.25) is 0 Å². The van der Waals surface area contributed by atoms with Crippen LogP contribution in [-0.2, 0) is 24.6 Å². The first-order valence-electron chi connectivity index (χ1n) is 18.3. The summed E-state index contributed by atoms with van der Waals surface area (Å²) in [7, 11) is 0. The lowest BCUT2D eigenvalue weighted by Gasteiger charge is -2.37. The van der Waals surface area contributed by atoms with Gasteiger partial charge in [0.2, 0.25) is 11.8 Å². The molecule has 5 rings (SSSR count). The van der Waals surface area contributed by atoms with E-state index >= 15 is 0 Å². The van der Waals surface area contributed by atoms with Crippen LogP contribution in [0, 0.1) is 0 Å². The van der Waals surface area contributed by atoms with E-state index in [1.807, 2.05) is 141 Å². The monoisotopic (exact) mass is 697 g/mol. The largest absolute Gasteiger partial charge is 0.351 e. The highest BCUT2D eigenvalue weighted by molar-refractivity contribution is 5.84. The Hall–Kier alpha value is -5.08. The molecule has 5 aromatic rings. The van der Waals surface area contributed by atoms with Gasteiger partial charge in [0.05, 0.1) is 12.6 Å². The van der Waals surface area contributed by atoms with Crippen LogP contribution in [0.1, 0.15) is 66.8 Å². The standard InChI is InChI=1S/C45H51N3O4/c1-3-51-43(52-4-2)34-48(33-32-40(35-20-10-5-11-21-35)36-22-12-6-13-23-36)44(50)41(46)30-31-42(49)47-45(37-24-14-7-15-25-37,38-26-16-8-17-27-38)39-28-18-9-19-29-39/h5-29,40-41,43H,3-4,30-34,46H2,1-2H3,(H,47,49)/t41-/m0/s1. The quantitative estimate of drug-likeness (QED) is 0.0683. The number of ether oxygens (including phenoxy) is 2. The van der Waals surface area contributed by atoms with Crippen molar-refractivity contribution in [3.05, 3.63) is 179 Å². The van der Waals surface area contributed by atoms with Gasteiger partial charge in [-0.1, -0.05) is 152 Å². The average molecular weight is 698 g/mol. The van der Waals surface area contributed by atoms with Crippen LogP contribution >= 0.6 is 0 Å². The number of hydrogen-bond donors (Lipinski definition) is 2. The van der Waals surface area contributed by atoms with Crippen molar-refractivity contribution in [1.29, 1.82) is 0 Å². The van der Waals surface area contributed by atoms with Gasteiger partial charge in [0.25, 0.3) is 0 Å². The average Bonchev–Trinajstić information content (AvgIpc) is 3.20. The second-order valence-electron chi connectivity index (χ2n) is 12.8. The normalized spacial score (nSPS) is 12.1. The number of amides is 2. The zero-order valence-electron chi connectivity index (χ0n) is 30.3. The number of nitrogens with two attached hydrogens (primary N) is 1. The molecule has 270 valence electrons. The lowest BCUT2D eigenvalue weighted by Crippen LogP contribution is -2.50. The molecule has 0 aromatic heterocycles. The molecule has 52 heavy (non-hydrogen) atoms. The van der Waals surface area contributed by atoms with Gasteiger partial charge in [-0.2, -0.15) is 0 Å². The van der Waals surface area contributed by atoms with Gasteiger partial charge in [-0.25, -0.2) is 0 Å². The van der Waals surface area contributed by atoms with Gasteiger partial charge in [0.1, 0.15) is 5.54 Å². The fourth-order valence-electron chi connectivity index (χ4n) is 6.88.